The first kappa shape index (κ1) is 15.9. The Hall–Kier alpha value is -1.12. The molecule has 0 saturated carbocycles. The molecule has 0 aliphatic rings. The van der Waals surface area contributed by atoms with Crippen molar-refractivity contribution in [1.29, 1.82) is 0 Å². The van der Waals surface area contributed by atoms with E-state index in [9.17, 15) is 16.8 Å². The van der Waals surface area contributed by atoms with Crippen molar-refractivity contribution < 1.29 is 16.8 Å². The van der Waals surface area contributed by atoms with Gasteiger partial charge in [0, 0.05) is 13.1 Å². The summed E-state index contributed by atoms with van der Waals surface area (Å²) in [6, 6.07) is 7.03. The van der Waals surface area contributed by atoms with E-state index in [0.717, 1.165) is 18.1 Å². The smallest absolute Gasteiger partial charge is 0.232 e. The highest BCUT2D eigenvalue weighted by molar-refractivity contribution is 7.92. The van der Waals surface area contributed by atoms with E-state index in [-0.39, 0.29) is 13.1 Å². The van der Waals surface area contributed by atoms with Crippen molar-refractivity contribution in [1.82, 2.24) is 4.72 Å². The van der Waals surface area contributed by atoms with E-state index in [0.29, 0.717) is 5.69 Å². The molecule has 0 aliphatic carbocycles. The van der Waals surface area contributed by atoms with Crippen molar-refractivity contribution in [3.05, 3.63) is 29.8 Å². The summed E-state index contributed by atoms with van der Waals surface area (Å²) in [4.78, 5) is 0. The molecule has 0 bridgehead atoms. The average Bonchev–Trinajstić information content (AvgIpc) is 2.21. The summed E-state index contributed by atoms with van der Waals surface area (Å²) < 4.78 is 48.9. The highest BCUT2D eigenvalue weighted by Crippen LogP contribution is 2.18. The largest absolute Gasteiger partial charge is 0.269 e. The number of nitrogens with zero attached hydrogens (tertiary/aromatic N) is 1. The van der Waals surface area contributed by atoms with Crippen molar-refractivity contribution >= 4 is 25.7 Å². The maximum Gasteiger partial charge on any atom is 0.232 e. The minimum absolute atomic E-state index is 0.0276. The number of sulfonamides is 2. The Morgan fingerprint density at radius 3 is 2.26 bits per heavy atom. The van der Waals surface area contributed by atoms with Crippen LogP contribution in [-0.2, 0) is 20.0 Å². The Bertz CT molecular complexity index is 638. The van der Waals surface area contributed by atoms with Gasteiger partial charge in [-0.2, -0.15) is 0 Å². The van der Waals surface area contributed by atoms with Crippen LogP contribution in [0.5, 0.6) is 0 Å². The maximum atomic E-state index is 11.7. The number of benzene rings is 1. The fourth-order valence-electron chi connectivity index (χ4n) is 1.60. The predicted octanol–water partition coefficient (Wildman–Crippen LogP) is 0.310. The number of anilines is 1. The molecule has 108 valence electrons. The maximum absolute atomic E-state index is 11.7. The fourth-order valence-corrected chi connectivity index (χ4v) is 2.98. The first-order chi connectivity index (χ1) is 8.59. The second-order valence-corrected chi connectivity index (χ2v) is 8.08. The van der Waals surface area contributed by atoms with Crippen molar-refractivity contribution in [2.24, 2.45) is 0 Å². The quantitative estimate of drug-likeness (QED) is 0.820. The van der Waals surface area contributed by atoms with Gasteiger partial charge in [-0.3, -0.25) is 4.31 Å². The standard InChI is InChI=1S/C11H18N2O4S2/c1-10-5-4-6-11(9-10)13(19(3,16)17)8-7-12-18(2,14)15/h4-6,9,12H,7-8H2,1-3H3. The zero-order chi connectivity index (χ0) is 14.7. The second kappa shape index (κ2) is 5.89. The summed E-state index contributed by atoms with van der Waals surface area (Å²) in [5, 5.41) is 0. The Labute approximate surface area is 114 Å². The molecule has 0 spiro atoms. The van der Waals surface area contributed by atoms with E-state index in [4.69, 9.17) is 0 Å². The summed E-state index contributed by atoms with van der Waals surface area (Å²) in [5.74, 6) is 0. The van der Waals surface area contributed by atoms with E-state index in [1.54, 1.807) is 18.2 Å². The van der Waals surface area contributed by atoms with Gasteiger partial charge in [-0.15, -0.1) is 0 Å². The van der Waals surface area contributed by atoms with Crippen LogP contribution in [0.3, 0.4) is 0 Å². The molecule has 1 aromatic carbocycles. The topological polar surface area (TPSA) is 83.6 Å². The first-order valence-electron chi connectivity index (χ1n) is 5.58. The number of hydrogen-bond acceptors (Lipinski definition) is 4. The normalized spacial score (nSPS) is 12.4. The summed E-state index contributed by atoms with van der Waals surface area (Å²) in [7, 11) is -6.78. The number of aryl methyl sites for hydroxylation is 1. The lowest BCUT2D eigenvalue weighted by molar-refractivity contribution is 0.583. The average molecular weight is 306 g/mol. The van der Waals surface area contributed by atoms with Gasteiger partial charge in [-0.1, -0.05) is 12.1 Å². The highest BCUT2D eigenvalue weighted by atomic mass is 32.2. The van der Waals surface area contributed by atoms with Crippen molar-refractivity contribution in [3.8, 4) is 0 Å². The monoisotopic (exact) mass is 306 g/mol. The molecule has 0 fully saturated rings. The van der Waals surface area contributed by atoms with Gasteiger partial charge in [0.2, 0.25) is 20.0 Å². The summed E-state index contributed by atoms with van der Waals surface area (Å²) in [6.07, 6.45) is 2.13. The lowest BCUT2D eigenvalue weighted by Gasteiger charge is -2.22. The van der Waals surface area contributed by atoms with Gasteiger partial charge < -0.3 is 0 Å². The molecule has 0 aromatic heterocycles. The molecule has 1 N–H and O–H groups in total. The van der Waals surface area contributed by atoms with E-state index in [1.165, 1.54) is 4.31 Å². The van der Waals surface area contributed by atoms with E-state index >= 15 is 0 Å². The van der Waals surface area contributed by atoms with Gasteiger partial charge in [0.15, 0.2) is 0 Å². The SMILES string of the molecule is Cc1cccc(N(CCNS(C)(=O)=O)S(C)(=O)=O)c1. The van der Waals surface area contributed by atoms with Crippen LogP contribution in [0.15, 0.2) is 24.3 Å². The molecule has 19 heavy (non-hydrogen) atoms. The Morgan fingerprint density at radius 2 is 1.79 bits per heavy atom. The third kappa shape index (κ3) is 5.58. The number of hydrogen-bond donors (Lipinski definition) is 1. The fraction of sp³-hybridized carbons (Fsp3) is 0.455. The molecule has 0 atom stereocenters. The van der Waals surface area contributed by atoms with Crippen molar-refractivity contribution in [3.63, 3.8) is 0 Å². The molecule has 6 nitrogen and oxygen atoms in total. The van der Waals surface area contributed by atoms with Gasteiger partial charge in [0.05, 0.1) is 18.2 Å². The molecule has 1 rings (SSSR count). The van der Waals surface area contributed by atoms with Crippen LogP contribution in [0, 0.1) is 6.92 Å². The second-order valence-electron chi connectivity index (χ2n) is 4.34. The molecular formula is C11H18N2O4S2. The van der Waals surface area contributed by atoms with Crippen LogP contribution in [-0.4, -0.2) is 42.4 Å². The highest BCUT2D eigenvalue weighted by Gasteiger charge is 2.17. The molecule has 0 heterocycles. The molecule has 0 amide bonds. The van der Waals surface area contributed by atoms with Crippen LogP contribution < -0.4 is 9.03 Å². The minimum atomic E-state index is -3.45. The van der Waals surface area contributed by atoms with Crippen LogP contribution in [0.25, 0.3) is 0 Å². The third-order valence-corrected chi connectivity index (χ3v) is 4.29. The Kier molecular flexibility index (Phi) is 4.94. The lowest BCUT2D eigenvalue weighted by Crippen LogP contribution is -2.37. The Morgan fingerprint density at radius 1 is 1.16 bits per heavy atom. The van der Waals surface area contributed by atoms with Crippen LogP contribution in [0.1, 0.15) is 5.56 Å². The Balaban J connectivity index is 2.92. The molecule has 8 heteroatoms. The predicted molar refractivity (Wildman–Crippen MR) is 76.2 cm³/mol. The molecule has 0 aliphatic heterocycles. The zero-order valence-electron chi connectivity index (χ0n) is 11.1. The van der Waals surface area contributed by atoms with Crippen molar-refractivity contribution in [2.45, 2.75) is 6.92 Å². The van der Waals surface area contributed by atoms with Crippen LogP contribution in [0.4, 0.5) is 5.69 Å². The zero-order valence-corrected chi connectivity index (χ0v) is 12.8. The molecule has 0 radical (unpaired) electrons. The molecule has 1 aromatic rings. The minimum Gasteiger partial charge on any atom is -0.269 e. The number of nitrogens with one attached hydrogen (secondary N) is 1. The van der Waals surface area contributed by atoms with E-state index in [1.807, 2.05) is 13.0 Å². The van der Waals surface area contributed by atoms with Crippen LogP contribution >= 0.6 is 0 Å². The molecular weight excluding hydrogens is 288 g/mol. The van der Waals surface area contributed by atoms with Gasteiger partial charge in [0.1, 0.15) is 0 Å². The number of rotatable bonds is 6. The first-order valence-corrected chi connectivity index (χ1v) is 9.32. The van der Waals surface area contributed by atoms with Gasteiger partial charge >= 0.3 is 0 Å². The van der Waals surface area contributed by atoms with E-state index in [2.05, 4.69) is 4.72 Å². The van der Waals surface area contributed by atoms with Crippen molar-refractivity contribution in [2.75, 3.05) is 29.9 Å². The van der Waals surface area contributed by atoms with Gasteiger partial charge in [-0.25, -0.2) is 21.6 Å². The van der Waals surface area contributed by atoms with Crippen LogP contribution in [0.2, 0.25) is 0 Å². The summed E-state index contributed by atoms with van der Waals surface area (Å²) in [5.41, 5.74) is 1.46. The third-order valence-electron chi connectivity index (χ3n) is 2.37. The van der Waals surface area contributed by atoms with E-state index < -0.39 is 20.0 Å². The lowest BCUT2D eigenvalue weighted by atomic mass is 10.2. The summed E-state index contributed by atoms with van der Waals surface area (Å²) in [6.45, 7) is 1.94. The van der Waals surface area contributed by atoms with Gasteiger partial charge in [-0.05, 0) is 24.6 Å². The van der Waals surface area contributed by atoms with Gasteiger partial charge in [0.25, 0.3) is 0 Å². The molecule has 0 unspecified atom stereocenters. The summed E-state index contributed by atoms with van der Waals surface area (Å²) >= 11 is 0. The molecule has 0 saturated heterocycles.